The molecule has 0 aromatic carbocycles. The normalized spacial score (nSPS) is 9.73. The molecule has 0 spiro atoms. The van der Waals surface area contributed by atoms with Crippen molar-refractivity contribution in [2.24, 2.45) is 0 Å². The smallest absolute Gasteiger partial charge is 0.276 e. The summed E-state index contributed by atoms with van der Waals surface area (Å²) in [6.07, 6.45) is 0. The molecule has 1 rings (SSSR count). The fraction of sp³-hybridized carbons (Fsp3) is 0. The van der Waals surface area contributed by atoms with Gasteiger partial charge < -0.3 is 0 Å². The van der Waals surface area contributed by atoms with Gasteiger partial charge in [0.15, 0.2) is 0 Å². The number of rotatable bonds is 1. The van der Waals surface area contributed by atoms with E-state index in [-0.39, 0.29) is 0 Å². The van der Waals surface area contributed by atoms with Crippen LogP contribution in [0.4, 0.5) is 0 Å². The van der Waals surface area contributed by atoms with Crippen LogP contribution >= 0.6 is 43.2 Å². The molecule has 11 heavy (non-hydrogen) atoms. The lowest BCUT2D eigenvalue weighted by atomic mass is 10.3. The lowest BCUT2D eigenvalue weighted by Gasteiger charge is -1.92. The predicted molar refractivity (Wildman–Crippen MR) is 49.0 cm³/mol. The van der Waals surface area contributed by atoms with Gasteiger partial charge in [0.05, 0.1) is 13.1 Å². The van der Waals surface area contributed by atoms with E-state index in [9.17, 15) is 4.79 Å². The van der Waals surface area contributed by atoms with Crippen LogP contribution in [0.3, 0.4) is 0 Å². The summed E-state index contributed by atoms with van der Waals surface area (Å²) in [6, 6.07) is 1.63. The summed E-state index contributed by atoms with van der Waals surface area (Å²) in [5, 5.41) is 8.29. The molecule has 0 aliphatic carbocycles. The first-order valence-electron chi connectivity index (χ1n) is 2.54. The number of carbonyl (C=O) groups is 1. The second-order valence-electron chi connectivity index (χ2n) is 1.68. The van der Waals surface area contributed by atoms with Crippen molar-refractivity contribution >= 4 is 49.1 Å². The molecule has 2 N–H and O–H groups in total. The first-order chi connectivity index (χ1) is 5.15. The monoisotopic (exact) mass is 299 g/mol. The maximum atomic E-state index is 10.8. The molecule has 0 fully saturated rings. The molecule has 0 unspecified atom stereocenters. The van der Waals surface area contributed by atoms with Gasteiger partial charge in [0, 0.05) is 0 Å². The topological polar surface area (TPSA) is 49.3 Å². The minimum absolute atomic E-state index is 0.421. The molecule has 0 saturated carbocycles. The number of carbonyl (C=O) groups excluding carboxylic acids is 1. The van der Waals surface area contributed by atoms with Crippen LogP contribution in [0.2, 0.25) is 0 Å². The van der Waals surface area contributed by atoms with Crippen LogP contribution in [-0.2, 0) is 0 Å². The Balaban J connectivity index is 3.03. The van der Waals surface area contributed by atoms with Crippen LogP contribution in [0.1, 0.15) is 10.4 Å². The quantitative estimate of drug-likeness (QED) is 0.618. The zero-order chi connectivity index (χ0) is 8.43. The number of hydroxylamine groups is 1. The molecule has 1 aromatic heterocycles. The SMILES string of the molecule is O=C(NO)c1cc(Br)sc1Br. The number of hydrogen-bond acceptors (Lipinski definition) is 3. The molecule has 6 heteroatoms. The summed E-state index contributed by atoms with van der Waals surface area (Å²) >= 11 is 7.76. The minimum atomic E-state index is -0.515. The van der Waals surface area contributed by atoms with Crippen LogP contribution in [-0.4, -0.2) is 11.1 Å². The van der Waals surface area contributed by atoms with Crippen LogP contribution in [0.25, 0.3) is 0 Å². The highest BCUT2D eigenvalue weighted by Crippen LogP contribution is 2.31. The third-order valence-corrected chi connectivity index (χ3v) is 3.34. The van der Waals surface area contributed by atoms with Gasteiger partial charge in [-0.25, -0.2) is 5.48 Å². The van der Waals surface area contributed by atoms with Crippen molar-refractivity contribution in [2.75, 3.05) is 0 Å². The average Bonchev–Trinajstić information content (AvgIpc) is 2.28. The lowest BCUT2D eigenvalue weighted by Crippen LogP contribution is -2.18. The Morgan fingerprint density at radius 3 is 2.64 bits per heavy atom. The maximum Gasteiger partial charge on any atom is 0.276 e. The van der Waals surface area contributed by atoms with Crippen LogP contribution < -0.4 is 5.48 Å². The Morgan fingerprint density at radius 1 is 1.64 bits per heavy atom. The van der Waals surface area contributed by atoms with Gasteiger partial charge in [-0.3, -0.25) is 10.0 Å². The van der Waals surface area contributed by atoms with Crippen LogP contribution in [0.15, 0.2) is 13.6 Å². The Morgan fingerprint density at radius 2 is 2.27 bits per heavy atom. The van der Waals surface area contributed by atoms with Crippen molar-refractivity contribution in [3.05, 3.63) is 19.2 Å². The second-order valence-corrected chi connectivity index (χ2v) is 5.43. The molecule has 3 nitrogen and oxygen atoms in total. The molecule has 0 atom stereocenters. The zero-order valence-electron chi connectivity index (χ0n) is 5.10. The summed E-state index contributed by atoms with van der Waals surface area (Å²) in [5.41, 5.74) is 1.97. The van der Waals surface area contributed by atoms with Gasteiger partial charge >= 0.3 is 0 Å². The molecule has 1 heterocycles. The Labute approximate surface area is 83.6 Å². The summed E-state index contributed by atoms with van der Waals surface area (Å²) in [6.45, 7) is 0. The molecule has 0 aliphatic heterocycles. The third kappa shape index (κ3) is 2.02. The van der Waals surface area contributed by atoms with E-state index < -0.39 is 5.91 Å². The van der Waals surface area contributed by atoms with Gasteiger partial charge in [0.2, 0.25) is 0 Å². The first kappa shape index (κ1) is 9.18. The van der Waals surface area contributed by atoms with Gasteiger partial charge in [0.1, 0.15) is 0 Å². The van der Waals surface area contributed by atoms with E-state index in [2.05, 4.69) is 31.9 Å². The van der Waals surface area contributed by atoms with Crippen molar-refractivity contribution < 1.29 is 10.0 Å². The van der Waals surface area contributed by atoms with Crippen molar-refractivity contribution in [1.29, 1.82) is 0 Å². The zero-order valence-corrected chi connectivity index (χ0v) is 9.09. The van der Waals surface area contributed by atoms with Crippen LogP contribution in [0.5, 0.6) is 0 Å². The van der Waals surface area contributed by atoms with E-state index >= 15 is 0 Å². The van der Waals surface area contributed by atoms with E-state index in [1.807, 2.05) is 0 Å². The minimum Gasteiger partial charge on any atom is -0.288 e. The van der Waals surface area contributed by atoms with Crippen molar-refractivity contribution in [1.82, 2.24) is 5.48 Å². The molecule has 1 amide bonds. The standard InChI is InChI=1S/C5H3Br2NO2S/c6-3-1-2(4(7)11-3)5(9)8-10/h1,10H,(H,8,9). The Kier molecular flexibility index (Phi) is 3.06. The fourth-order valence-electron chi connectivity index (χ4n) is 0.555. The Bertz CT molecular complexity index is 286. The largest absolute Gasteiger partial charge is 0.288 e. The van der Waals surface area contributed by atoms with Gasteiger partial charge in [0.25, 0.3) is 5.91 Å². The number of amides is 1. The summed E-state index contributed by atoms with van der Waals surface area (Å²) in [4.78, 5) is 10.8. The number of halogens is 2. The Hall–Kier alpha value is 0.0900. The highest BCUT2D eigenvalue weighted by Gasteiger charge is 2.11. The second kappa shape index (κ2) is 3.66. The molecule has 0 bridgehead atoms. The third-order valence-electron chi connectivity index (χ3n) is 1.00. The average molecular weight is 301 g/mol. The molecule has 0 aliphatic rings. The van der Waals surface area contributed by atoms with Gasteiger partial charge in [-0.1, -0.05) is 0 Å². The summed E-state index contributed by atoms with van der Waals surface area (Å²) < 4.78 is 1.53. The summed E-state index contributed by atoms with van der Waals surface area (Å²) in [7, 11) is 0. The lowest BCUT2D eigenvalue weighted by molar-refractivity contribution is 0.0706. The molecule has 0 saturated heterocycles. The van der Waals surface area contributed by atoms with E-state index in [1.54, 1.807) is 11.5 Å². The molecule has 1 aromatic rings. The fourth-order valence-corrected chi connectivity index (χ4v) is 3.35. The molecule has 0 radical (unpaired) electrons. The number of nitrogens with one attached hydrogen (secondary N) is 1. The van der Waals surface area contributed by atoms with Crippen LogP contribution in [0, 0.1) is 0 Å². The highest BCUT2D eigenvalue weighted by atomic mass is 79.9. The van der Waals surface area contributed by atoms with E-state index in [1.165, 1.54) is 11.3 Å². The maximum absolute atomic E-state index is 10.8. The van der Waals surface area contributed by atoms with E-state index in [0.29, 0.717) is 9.35 Å². The van der Waals surface area contributed by atoms with Gasteiger partial charge in [-0.2, -0.15) is 0 Å². The van der Waals surface area contributed by atoms with Gasteiger partial charge in [-0.15, -0.1) is 11.3 Å². The van der Waals surface area contributed by atoms with E-state index in [4.69, 9.17) is 5.21 Å². The van der Waals surface area contributed by atoms with Crippen molar-refractivity contribution in [3.63, 3.8) is 0 Å². The highest BCUT2D eigenvalue weighted by molar-refractivity contribution is 9.12. The molecular formula is C5H3Br2NO2S. The first-order valence-corrected chi connectivity index (χ1v) is 4.94. The van der Waals surface area contributed by atoms with Crippen molar-refractivity contribution in [3.8, 4) is 0 Å². The summed E-state index contributed by atoms with van der Waals surface area (Å²) in [5.74, 6) is -0.515. The molecular weight excluding hydrogens is 298 g/mol. The van der Waals surface area contributed by atoms with E-state index in [0.717, 1.165) is 3.79 Å². The number of thiophene rings is 1. The predicted octanol–water partition coefficient (Wildman–Crippen LogP) is 2.39. The van der Waals surface area contributed by atoms with Crippen molar-refractivity contribution in [2.45, 2.75) is 0 Å². The molecule has 60 valence electrons. The van der Waals surface area contributed by atoms with Gasteiger partial charge in [-0.05, 0) is 37.9 Å². The number of hydrogen-bond donors (Lipinski definition) is 2.